The molecule has 0 bridgehead atoms. The Labute approximate surface area is 99.7 Å². The molecule has 1 fully saturated rings. The third-order valence-electron chi connectivity index (χ3n) is 3.69. The van der Waals surface area contributed by atoms with Crippen molar-refractivity contribution in [3.8, 4) is 0 Å². The SMILES string of the molecule is CCOC1CC(CN)(N(C)CCN(C)C)C1. The highest BCUT2D eigenvalue weighted by Gasteiger charge is 2.46. The van der Waals surface area contributed by atoms with Crippen LogP contribution in [0.2, 0.25) is 0 Å². The third kappa shape index (κ3) is 3.17. The Hall–Kier alpha value is -0.160. The summed E-state index contributed by atoms with van der Waals surface area (Å²) in [4.78, 5) is 4.61. The lowest BCUT2D eigenvalue weighted by Gasteiger charge is -2.52. The summed E-state index contributed by atoms with van der Waals surface area (Å²) in [5, 5.41) is 0. The van der Waals surface area contributed by atoms with Gasteiger partial charge in [-0.1, -0.05) is 0 Å². The van der Waals surface area contributed by atoms with Crippen LogP contribution < -0.4 is 5.73 Å². The molecule has 96 valence electrons. The van der Waals surface area contributed by atoms with E-state index in [1.165, 1.54) is 0 Å². The summed E-state index contributed by atoms with van der Waals surface area (Å²) in [5.74, 6) is 0. The minimum Gasteiger partial charge on any atom is -0.378 e. The van der Waals surface area contributed by atoms with E-state index in [9.17, 15) is 0 Å². The number of nitrogens with zero attached hydrogens (tertiary/aromatic N) is 2. The van der Waals surface area contributed by atoms with E-state index in [1.54, 1.807) is 0 Å². The van der Waals surface area contributed by atoms with E-state index in [0.29, 0.717) is 6.10 Å². The summed E-state index contributed by atoms with van der Waals surface area (Å²) in [6, 6.07) is 0. The quantitative estimate of drug-likeness (QED) is 0.685. The average molecular weight is 229 g/mol. The van der Waals surface area contributed by atoms with E-state index in [0.717, 1.165) is 39.1 Å². The maximum Gasteiger partial charge on any atom is 0.0611 e. The van der Waals surface area contributed by atoms with Gasteiger partial charge in [0.15, 0.2) is 0 Å². The van der Waals surface area contributed by atoms with Crippen LogP contribution in [0.1, 0.15) is 19.8 Å². The van der Waals surface area contributed by atoms with Crippen molar-refractivity contribution in [2.24, 2.45) is 5.73 Å². The number of likely N-dealkylation sites (N-methyl/N-ethyl adjacent to an activating group) is 2. The second-order valence-electron chi connectivity index (χ2n) is 5.14. The molecule has 1 saturated carbocycles. The fourth-order valence-electron chi connectivity index (χ4n) is 2.36. The van der Waals surface area contributed by atoms with Gasteiger partial charge in [-0.25, -0.2) is 0 Å². The molecule has 4 heteroatoms. The first-order valence-corrected chi connectivity index (χ1v) is 6.21. The van der Waals surface area contributed by atoms with E-state index >= 15 is 0 Å². The van der Waals surface area contributed by atoms with Crippen LogP contribution >= 0.6 is 0 Å². The number of ether oxygens (including phenoxy) is 1. The Morgan fingerprint density at radius 3 is 2.31 bits per heavy atom. The summed E-state index contributed by atoms with van der Waals surface area (Å²) in [7, 11) is 6.39. The smallest absolute Gasteiger partial charge is 0.0611 e. The van der Waals surface area contributed by atoms with Gasteiger partial charge in [0.1, 0.15) is 0 Å². The monoisotopic (exact) mass is 229 g/mol. The molecule has 0 aromatic rings. The summed E-state index contributed by atoms with van der Waals surface area (Å²) >= 11 is 0. The second-order valence-corrected chi connectivity index (χ2v) is 5.14. The van der Waals surface area contributed by atoms with Crippen molar-refractivity contribution in [1.29, 1.82) is 0 Å². The molecule has 1 rings (SSSR count). The lowest BCUT2D eigenvalue weighted by Crippen LogP contribution is -2.63. The maximum absolute atomic E-state index is 5.92. The van der Waals surface area contributed by atoms with Crippen molar-refractivity contribution in [3.63, 3.8) is 0 Å². The molecule has 0 aromatic heterocycles. The first kappa shape index (κ1) is 13.9. The molecule has 0 radical (unpaired) electrons. The minimum absolute atomic E-state index is 0.190. The zero-order valence-corrected chi connectivity index (χ0v) is 11.2. The second kappa shape index (κ2) is 5.96. The van der Waals surface area contributed by atoms with Crippen LogP contribution in [0, 0.1) is 0 Å². The predicted octanol–water partition coefficient (Wildman–Crippen LogP) is 0.376. The molecule has 4 nitrogen and oxygen atoms in total. The van der Waals surface area contributed by atoms with Gasteiger partial charge in [0, 0.05) is 31.8 Å². The molecular formula is C12H27N3O. The zero-order valence-electron chi connectivity index (χ0n) is 11.2. The van der Waals surface area contributed by atoms with E-state index < -0.39 is 0 Å². The highest BCUT2D eigenvalue weighted by molar-refractivity contribution is 5.03. The highest BCUT2D eigenvalue weighted by Crippen LogP contribution is 2.38. The van der Waals surface area contributed by atoms with Gasteiger partial charge < -0.3 is 15.4 Å². The average Bonchev–Trinajstić information content (AvgIpc) is 2.19. The Morgan fingerprint density at radius 2 is 1.88 bits per heavy atom. The molecule has 0 saturated heterocycles. The molecule has 0 aliphatic heterocycles. The fourth-order valence-corrected chi connectivity index (χ4v) is 2.36. The Kier molecular flexibility index (Phi) is 5.18. The first-order chi connectivity index (χ1) is 7.54. The van der Waals surface area contributed by atoms with Gasteiger partial charge in [0.05, 0.1) is 6.10 Å². The largest absolute Gasteiger partial charge is 0.378 e. The normalized spacial score (nSPS) is 29.8. The first-order valence-electron chi connectivity index (χ1n) is 6.21. The van der Waals surface area contributed by atoms with Crippen LogP contribution in [0.5, 0.6) is 0 Å². The van der Waals surface area contributed by atoms with Crippen molar-refractivity contribution in [2.75, 3.05) is 47.4 Å². The number of hydrogen-bond donors (Lipinski definition) is 1. The molecule has 0 unspecified atom stereocenters. The molecule has 0 spiro atoms. The topological polar surface area (TPSA) is 41.7 Å². The molecule has 0 aromatic carbocycles. The molecular weight excluding hydrogens is 202 g/mol. The van der Waals surface area contributed by atoms with Crippen LogP contribution in [-0.4, -0.2) is 68.8 Å². The van der Waals surface area contributed by atoms with Crippen LogP contribution in [-0.2, 0) is 4.74 Å². The zero-order chi connectivity index (χ0) is 12.2. The van der Waals surface area contributed by atoms with Crippen molar-refractivity contribution < 1.29 is 4.74 Å². The number of rotatable bonds is 7. The van der Waals surface area contributed by atoms with Crippen molar-refractivity contribution in [1.82, 2.24) is 9.80 Å². The number of nitrogens with two attached hydrogens (primary N) is 1. The summed E-state index contributed by atoms with van der Waals surface area (Å²) in [6.07, 6.45) is 2.60. The summed E-state index contributed by atoms with van der Waals surface area (Å²) < 4.78 is 5.62. The third-order valence-corrected chi connectivity index (χ3v) is 3.69. The molecule has 1 aliphatic carbocycles. The molecule has 16 heavy (non-hydrogen) atoms. The van der Waals surface area contributed by atoms with Gasteiger partial charge in [-0.05, 0) is 40.9 Å². The minimum atomic E-state index is 0.190. The van der Waals surface area contributed by atoms with E-state index in [1.807, 2.05) is 0 Å². The highest BCUT2D eigenvalue weighted by atomic mass is 16.5. The lowest BCUT2D eigenvalue weighted by molar-refractivity contribution is -0.0928. The van der Waals surface area contributed by atoms with E-state index in [4.69, 9.17) is 10.5 Å². The molecule has 2 N–H and O–H groups in total. The van der Waals surface area contributed by atoms with Crippen LogP contribution in [0.3, 0.4) is 0 Å². The Morgan fingerprint density at radius 1 is 1.25 bits per heavy atom. The van der Waals surface area contributed by atoms with Crippen molar-refractivity contribution >= 4 is 0 Å². The Bertz CT molecular complexity index is 202. The van der Waals surface area contributed by atoms with Gasteiger partial charge in [0.25, 0.3) is 0 Å². The lowest BCUT2D eigenvalue weighted by atomic mass is 9.73. The van der Waals surface area contributed by atoms with Crippen LogP contribution in [0.4, 0.5) is 0 Å². The van der Waals surface area contributed by atoms with Crippen molar-refractivity contribution in [2.45, 2.75) is 31.4 Å². The standard InChI is InChI=1S/C12H27N3O/c1-5-16-11-8-12(9-11,10-13)15(4)7-6-14(2)3/h11H,5-10,13H2,1-4H3. The van der Waals surface area contributed by atoms with Gasteiger partial charge in [-0.2, -0.15) is 0 Å². The summed E-state index contributed by atoms with van der Waals surface area (Å²) in [5.41, 5.74) is 6.11. The molecule has 0 heterocycles. The van der Waals surface area contributed by atoms with E-state index in [-0.39, 0.29) is 5.54 Å². The van der Waals surface area contributed by atoms with Crippen LogP contribution in [0.25, 0.3) is 0 Å². The van der Waals surface area contributed by atoms with E-state index in [2.05, 4.69) is 37.9 Å². The Balaban J connectivity index is 2.37. The van der Waals surface area contributed by atoms with Gasteiger partial charge in [0.2, 0.25) is 0 Å². The maximum atomic E-state index is 5.92. The van der Waals surface area contributed by atoms with Gasteiger partial charge >= 0.3 is 0 Å². The number of hydrogen-bond acceptors (Lipinski definition) is 4. The van der Waals surface area contributed by atoms with Crippen molar-refractivity contribution in [3.05, 3.63) is 0 Å². The molecule has 1 aliphatic rings. The van der Waals surface area contributed by atoms with Gasteiger partial charge in [-0.15, -0.1) is 0 Å². The fraction of sp³-hybridized carbons (Fsp3) is 1.00. The molecule has 0 atom stereocenters. The van der Waals surface area contributed by atoms with Crippen LogP contribution in [0.15, 0.2) is 0 Å². The van der Waals surface area contributed by atoms with Gasteiger partial charge in [-0.3, -0.25) is 4.90 Å². The molecule has 0 amide bonds. The predicted molar refractivity (Wildman–Crippen MR) is 67.6 cm³/mol. The summed E-state index contributed by atoms with van der Waals surface area (Å²) in [6.45, 7) is 5.76.